The Bertz CT molecular complexity index is 1370. The summed E-state index contributed by atoms with van der Waals surface area (Å²) in [6, 6.07) is 17.8. The summed E-state index contributed by atoms with van der Waals surface area (Å²) in [6.45, 7) is 0. The van der Waals surface area contributed by atoms with Crippen LogP contribution in [0.15, 0.2) is 71.8 Å². The van der Waals surface area contributed by atoms with Gasteiger partial charge in [-0.15, -0.1) is 0 Å². The lowest BCUT2D eigenvalue weighted by molar-refractivity contribution is 0.482. The molecule has 150 valence electrons. The fourth-order valence-corrected chi connectivity index (χ4v) is 4.51. The molecule has 0 aliphatic rings. The lowest BCUT2D eigenvalue weighted by Crippen LogP contribution is -2.13. The predicted molar refractivity (Wildman–Crippen MR) is 117 cm³/mol. The lowest BCUT2D eigenvalue weighted by atomic mass is 10.2. The van der Waals surface area contributed by atoms with Gasteiger partial charge < -0.3 is 9.72 Å². The average Bonchev–Trinajstić information content (AvgIpc) is 3.14. The van der Waals surface area contributed by atoms with Gasteiger partial charge in [-0.1, -0.05) is 23.2 Å². The molecule has 1 heterocycles. The van der Waals surface area contributed by atoms with Crippen LogP contribution in [0.4, 0.5) is 5.69 Å². The van der Waals surface area contributed by atoms with E-state index in [-0.39, 0.29) is 4.90 Å². The van der Waals surface area contributed by atoms with Crippen LogP contribution in [0.5, 0.6) is 11.5 Å². The largest absolute Gasteiger partial charge is 0.457 e. The van der Waals surface area contributed by atoms with Crippen molar-refractivity contribution in [3.8, 4) is 17.6 Å². The quantitative estimate of drug-likeness (QED) is 0.387. The number of H-pyrrole nitrogens is 1. The summed E-state index contributed by atoms with van der Waals surface area (Å²) >= 11 is 12.3. The van der Waals surface area contributed by atoms with Gasteiger partial charge in [-0.25, -0.2) is 8.42 Å². The maximum Gasteiger partial charge on any atom is 0.261 e. The molecule has 0 bridgehead atoms. The molecule has 0 saturated carbocycles. The number of halogens is 2. The smallest absolute Gasteiger partial charge is 0.261 e. The van der Waals surface area contributed by atoms with Gasteiger partial charge >= 0.3 is 0 Å². The van der Waals surface area contributed by atoms with Crippen molar-refractivity contribution in [1.29, 1.82) is 5.26 Å². The Morgan fingerprint density at radius 2 is 1.53 bits per heavy atom. The molecule has 2 N–H and O–H groups in total. The fourth-order valence-electron chi connectivity index (χ4n) is 2.88. The zero-order valence-corrected chi connectivity index (χ0v) is 17.5. The van der Waals surface area contributed by atoms with Crippen LogP contribution in [0.2, 0.25) is 10.0 Å². The van der Waals surface area contributed by atoms with E-state index in [1.54, 1.807) is 54.7 Å². The second-order valence-corrected chi connectivity index (χ2v) is 8.79. The molecule has 6 nitrogen and oxygen atoms in total. The first-order valence-electron chi connectivity index (χ1n) is 8.63. The van der Waals surface area contributed by atoms with Crippen molar-refractivity contribution in [2.24, 2.45) is 0 Å². The van der Waals surface area contributed by atoms with E-state index < -0.39 is 10.0 Å². The number of nitriles is 1. The Morgan fingerprint density at radius 3 is 2.17 bits per heavy atom. The number of anilines is 1. The van der Waals surface area contributed by atoms with Gasteiger partial charge in [-0.2, -0.15) is 5.26 Å². The monoisotopic (exact) mass is 457 g/mol. The highest BCUT2D eigenvalue weighted by Gasteiger charge is 2.18. The maximum atomic E-state index is 12.8. The molecule has 9 heteroatoms. The molecule has 4 aromatic rings. The third kappa shape index (κ3) is 3.94. The zero-order valence-electron chi connectivity index (χ0n) is 15.2. The van der Waals surface area contributed by atoms with E-state index in [0.717, 1.165) is 0 Å². The van der Waals surface area contributed by atoms with Gasteiger partial charge in [0.2, 0.25) is 0 Å². The minimum absolute atomic E-state index is 0.0652. The fraction of sp³-hybridized carbons (Fsp3) is 0. The zero-order chi connectivity index (χ0) is 21.3. The van der Waals surface area contributed by atoms with Gasteiger partial charge in [0.25, 0.3) is 10.0 Å². The van der Waals surface area contributed by atoms with Crippen LogP contribution in [0.25, 0.3) is 10.9 Å². The molecule has 0 unspecified atom stereocenters. The van der Waals surface area contributed by atoms with Crippen molar-refractivity contribution in [2.75, 3.05) is 4.72 Å². The van der Waals surface area contributed by atoms with E-state index in [4.69, 9.17) is 33.2 Å². The van der Waals surface area contributed by atoms with E-state index in [0.29, 0.717) is 43.7 Å². The Kier molecular flexibility index (Phi) is 5.31. The van der Waals surface area contributed by atoms with Crippen molar-refractivity contribution < 1.29 is 13.2 Å². The average molecular weight is 458 g/mol. The number of rotatable bonds is 5. The normalized spacial score (nSPS) is 11.2. The van der Waals surface area contributed by atoms with E-state index >= 15 is 0 Å². The van der Waals surface area contributed by atoms with Crippen LogP contribution in [0, 0.1) is 11.3 Å². The van der Waals surface area contributed by atoms with Gasteiger partial charge in [-0.3, -0.25) is 4.72 Å². The lowest BCUT2D eigenvalue weighted by Gasteiger charge is -2.11. The second-order valence-electron chi connectivity index (χ2n) is 6.30. The summed E-state index contributed by atoms with van der Waals surface area (Å²) < 4.78 is 33.9. The maximum absolute atomic E-state index is 12.8. The van der Waals surface area contributed by atoms with Crippen molar-refractivity contribution in [1.82, 2.24) is 4.98 Å². The predicted octanol–water partition coefficient (Wildman–Crippen LogP) is 5.94. The highest BCUT2D eigenvalue weighted by atomic mass is 35.5. The van der Waals surface area contributed by atoms with Crippen LogP contribution in [0.1, 0.15) is 5.56 Å². The number of nitrogens with one attached hydrogen (secondary N) is 2. The number of sulfonamides is 1. The van der Waals surface area contributed by atoms with Gasteiger partial charge in [-0.05, 0) is 60.7 Å². The number of benzene rings is 3. The number of ether oxygens (including phenoxy) is 1. The summed E-state index contributed by atoms with van der Waals surface area (Å²) in [5, 5.41) is 10.2. The first-order chi connectivity index (χ1) is 14.4. The van der Waals surface area contributed by atoms with Crippen LogP contribution < -0.4 is 9.46 Å². The van der Waals surface area contributed by atoms with Crippen molar-refractivity contribution in [2.45, 2.75) is 4.90 Å². The first kappa shape index (κ1) is 20.1. The molecule has 4 rings (SSSR count). The molecule has 3 aromatic carbocycles. The summed E-state index contributed by atoms with van der Waals surface area (Å²) in [6.07, 6.45) is 1.55. The molecule has 0 aliphatic carbocycles. The summed E-state index contributed by atoms with van der Waals surface area (Å²) in [5.74, 6) is 0.999. The van der Waals surface area contributed by atoms with Crippen LogP contribution >= 0.6 is 23.2 Å². The van der Waals surface area contributed by atoms with Gasteiger partial charge in [0.15, 0.2) is 0 Å². The number of aromatic nitrogens is 1. The number of hydrogen-bond acceptors (Lipinski definition) is 4. The molecular weight excluding hydrogens is 445 g/mol. The van der Waals surface area contributed by atoms with Gasteiger partial charge in [0, 0.05) is 11.6 Å². The highest BCUT2D eigenvalue weighted by molar-refractivity contribution is 7.92. The molecule has 0 atom stereocenters. The third-order valence-corrected chi connectivity index (χ3v) is 6.33. The van der Waals surface area contributed by atoms with Crippen LogP contribution in [-0.2, 0) is 10.0 Å². The summed E-state index contributed by atoms with van der Waals surface area (Å²) in [7, 11) is -3.85. The Balaban J connectivity index is 1.56. The van der Waals surface area contributed by atoms with E-state index in [1.807, 2.05) is 6.07 Å². The van der Waals surface area contributed by atoms with E-state index in [9.17, 15) is 8.42 Å². The van der Waals surface area contributed by atoms with Crippen LogP contribution in [-0.4, -0.2) is 13.4 Å². The van der Waals surface area contributed by atoms with Crippen molar-refractivity contribution >= 4 is 49.8 Å². The van der Waals surface area contributed by atoms with Crippen molar-refractivity contribution in [3.63, 3.8) is 0 Å². The van der Waals surface area contributed by atoms with E-state index in [2.05, 4.69) is 9.71 Å². The Hall–Kier alpha value is -3.18. The highest BCUT2D eigenvalue weighted by Crippen LogP contribution is 2.35. The van der Waals surface area contributed by atoms with Gasteiger partial charge in [0.1, 0.15) is 11.5 Å². The minimum atomic E-state index is -3.85. The summed E-state index contributed by atoms with van der Waals surface area (Å²) in [4.78, 5) is 3.00. The Labute approximate surface area is 182 Å². The molecule has 0 spiro atoms. The molecule has 0 saturated heterocycles. The standard InChI is InChI=1S/C21H13Cl2N3O3S/c22-17-9-10-19(21-20(17)18(23)12-25-21)26-30(27,28)16-7-5-15(6-8-16)29-14-3-1-13(11-24)2-4-14/h1-10,12,25-26H. The molecular formula is C21H13Cl2N3O3S. The molecule has 0 radical (unpaired) electrons. The summed E-state index contributed by atoms with van der Waals surface area (Å²) in [5.41, 5.74) is 1.35. The second kappa shape index (κ2) is 7.92. The topological polar surface area (TPSA) is 95.0 Å². The van der Waals surface area contributed by atoms with Crippen LogP contribution in [0.3, 0.4) is 0 Å². The van der Waals surface area contributed by atoms with Crippen molar-refractivity contribution in [3.05, 3.63) is 82.5 Å². The number of hydrogen-bond donors (Lipinski definition) is 2. The Morgan fingerprint density at radius 1 is 0.900 bits per heavy atom. The number of fused-ring (bicyclic) bond motifs is 1. The molecule has 0 aliphatic heterocycles. The van der Waals surface area contributed by atoms with Gasteiger partial charge in [0.05, 0.1) is 37.8 Å². The SMILES string of the molecule is N#Cc1ccc(Oc2ccc(S(=O)(=O)Nc3ccc(Cl)c4c(Cl)c[nH]c34)cc2)cc1. The van der Waals surface area contributed by atoms with E-state index in [1.165, 1.54) is 12.1 Å². The molecule has 30 heavy (non-hydrogen) atoms. The molecule has 1 aromatic heterocycles. The molecule has 0 amide bonds. The number of nitrogens with zero attached hydrogens (tertiary/aromatic N) is 1. The third-order valence-electron chi connectivity index (χ3n) is 4.33. The minimum Gasteiger partial charge on any atom is -0.457 e. The molecule has 0 fully saturated rings. The number of aromatic amines is 1. The first-order valence-corrected chi connectivity index (χ1v) is 10.9.